The van der Waals surface area contributed by atoms with Gasteiger partial charge in [0, 0.05) is 146 Å². The van der Waals surface area contributed by atoms with Crippen LogP contribution in [0.2, 0.25) is 0 Å². The maximum Gasteiger partial charge on any atom is 0.200 e. The molecule has 36 heteroatoms. The average molecular weight is 1540 g/mol. The molecule has 6 aliphatic heterocycles. The van der Waals surface area contributed by atoms with Crippen molar-refractivity contribution in [1.29, 1.82) is 0 Å². The largest absolute Gasteiger partial charge is 0.469 e. The molecule has 0 amide bonds. The summed E-state index contributed by atoms with van der Waals surface area (Å²) in [6.07, 6.45) is 15.0. The van der Waals surface area contributed by atoms with Crippen LogP contribution < -0.4 is 65.5 Å². The van der Waals surface area contributed by atoms with E-state index in [0.29, 0.717) is 81.6 Å². The van der Waals surface area contributed by atoms with Crippen LogP contribution in [-0.4, -0.2) is 272 Å². The number of likely N-dealkylation sites (N-methyl/N-ethyl adjacent to an activating group) is 4. The van der Waals surface area contributed by atoms with Gasteiger partial charge < -0.3 is 89.5 Å². The van der Waals surface area contributed by atoms with Crippen LogP contribution in [0, 0.1) is 0 Å². The van der Waals surface area contributed by atoms with E-state index in [1.54, 1.807) is 37.6 Å². The van der Waals surface area contributed by atoms with Gasteiger partial charge in [-0.1, -0.05) is 0 Å². The van der Waals surface area contributed by atoms with E-state index in [1.807, 2.05) is 176 Å². The molecule has 0 saturated heterocycles. The zero-order valence-electron chi connectivity index (χ0n) is 67.3. The number of aliphatic imine (C=N–C) groups is 12. The van der Waals surface area contributed by atoms with Crippen LogP contribution in [0.15, 0.2) is 197 Å². The van der Waals surface area contributed by atoms with E-state index >= 15 is 0 Å². The van der Waals surface area contributed by atoms with E-state index in [1.165, 1.54) is 0 Å². The summed E-state index contributed by atoms with van der Waals surface area (Å²) < 4.78 is 31.8. The predicted molar refractivity (Wildman–Crippen MR) is 444 cm³/mol. The van der Waals surface area contributed by atoms with E-state index in [9.17, 15) is 0 Å². The summed E-state index contributed by atoms with van der Waals surface area (Å²) in [6, 6.07) is 24.3. The Kier molecular flexibility index (Phi) is 35.6. The standard InChI is InChI=1S/2C14H23N5O.3C12H19N5O.C11H17N5O/c2*1-11-10-15-13(18(2)3)17-14(16-11)19(4)8-7-12-6-5-9-20-12;2*1-9-8-14-11(13)16-12(15-9)17(2)6-5-10-4-3-7-18-10;1-8-9(2)16-12(17-11(13)15-8)14-6-5-10-4-3-7-18-10;1-8-7-14-10(12)16-11(15-8)13-5-4-9-3-2-6-17-9/h2*5-6,9,11H,7-8,10H2,1-4H3,(H,15,16,17);2*3-4,7,9H,5-6,8H2,1-2H3,(H3,13,14,15,16);3-4,7-9H,5-6H2,1-2H3,(H4,13,14,15,16,17);2-3,6,8H,4-5,7H2,1H3,(H4,12,13,14,15,16). The molecule has 7 atom stereocenters. The number of hydrogen-bond acceptors (Lipinski definition) is 32. The molecule has 6 aromatic heterocycles. The highest BCUT2D eigenvalue weighted by Gasteiger charge is 2.22. The van der Waals surface area contributed by atoms with Crippen molar-refractivity contribution in [1.82, 2.24) is 71.9 Å². The summed E-state index contributed by atoms with van der Waals surface area (Å²) >= 11 is 0. The number of nitrogens with two attached hydrogens (primary N) is 4. The van der Waals surface area contributed by atoms with Gasteiger partial charge in [-0.25, -0.2) is 25.0 Å². The molecule has 0 radical (unpaired) electrons. The van der Waals surface area contributed by atoms with E-state index in [-0.39, 0.29) is 42.3 Å². The maximum atomic E-state index is 5.74. The van der Waals surface area contributed by atoms with Gasteiger partial charge in [-0.3, -0.25) is 66.8 Å². The monoisotopic (exact) mass is 1540 g/mol. The van der Waals surface area contributed by atoms with Crippen LogP contribution >= 0.6 is 0 Å². The molecule has 6 aromatic rings. The van der Waals surface area contributed by atoms with E-state index in [2.05, 4.69) is 133 Å². The van der Waals surface area contributed by atoms with E-state index in [0.717, 1.165) is 135 Å². The van der Waals surface area contributed by atoms with Gasteiger partial charge in [0.2, 0.25) is 23.8 Å². The minimum Gasteiger partial charge on any atom is -0.469 e. The van der Waals surface area contributed by atoms with Crippen LogP contribution in [-0.2, 0) is 38.5 Å². The lowest BCUT2D eigenvalue weighted by Crippen LogP contribution is -2.47. The lowest BCUT2D eigenvalue weighted by atomic mass is 10.2. The first-order valence-corrected chi connectivity index (χ1v) is 37.5. The van der Waals surface area contributed by atoms with Gasteiger partial charge in [-0.2, -0.15) is 0 Å². The second-order valence-electron chi connectivity index (χ2n) is 27.6. The first-order chi connectivity index (χ1) is 53.3. The highest BCUT2D eigenvalue weighted by Crippen LogP contribution is 2.11. The summed E-state index contributed by atoms with van der Waals surface area (Å²) in [4.78, 5) is 65.2. The van der Waals surface area contributed by atoms with Gasteiger partial charge in [0.15, 0.2) is 47.7 Å². The molecular weight excluding hydrogens is 1420 g/mol. The number of hydrogen-bond donors (Lipinski definition) is 12. The molecule has 36 nitrogen and oxygen atoms in total. The normalized spacial score (nSPS) is 20.8. The zero-order valence-corrected chi connectivity index (χ0v) is 67.3. The molecule has 606 valence electrons. The molecule has 111 heavy (non-hydrogen) atoms. The van der Waals surface area contributed by atoms with E-state index < -0.39 is 0 Å². The van der Waals surface area contributed by atoms with Crippen molar-refractivity contribution >= 4 is 71.5 Å². The Bertz CT molecular complexity index is 3830. The summed E-state index contributed by atoms with van der Waals surface area (Å²) in [7, 11) is 15.9. The summed E-state index contributed by atoms with van der Waals surface area (Å²) in [5.41, 5.74) is 22.9. The fraction of sp³-hybridized carbons (Fsp3) is 0.520. The highest BCUT2D eigenvalue weighted by atomic mass is 16.3. The molecule has 0 saturated carbocycles. The first kappa shape index (κ1) is 86.4. The summed E-state index contributed by atoms with van der Waals surface area (Å²) in [5.74, 6) is 13.6. The van der Waals surface area contributed by atoms with Crippen molar-refractivity contribution < 1.29 is 26.5 Å². The van der Waals surface area contributed by atoms with Crippen molar-refractivity contribution in [3.8, 4) is 0 Å². The first-order valence-electron chi connectivity index (χ1n) is 37.5. The van der Waals surface area contributed by atoms with Gasteiger partial charge in [0.1, 0.15) is 34.6 Å². The molecule has 0 aliphatic carbocycles. The molecule has 0 spiro atoms. The third kappa shape index (κ3) is 32.5. The third-order valence-electron chi connectivity index (χ3n) is 17.0. The molecule has 12 heterocycles. The Morgan fingerprint density at radius 3 is 0.955 bits per heavy atom. The van der Waals surface area contributed by atoms with Crippen molar-refractivity contribution in [3.05, 3.63) is 145 Å². The number of furan rings is 6. The number of guanidine groups is 12. The number of rotatable bonds is 18. The van der Waals surface area contributed by atoms with Crippen LogP contribution in [0.3, 0.4) is 0 Å². The Morgan fingerprint density at radius 2 is 0.631 bits per heavy atom. The minimum atomic E-state index is 0.121. The molecule has 16 N–H and O–H groups in total. The fourth-order valence-electron chi connectivity index (χ4n) is 10.5. The number of nitrogens with one attached hydrogen (secondary N) is 8. The van der Waals surface area contributed by atoms with Crippen LogP contribution in [0.4, 0.5) is 0 Å². The van der Waals surface area contributed by atoms with Crippen molar-refractivity contribution in [2.75, 3.05) is 128 Å². The summed E-state index contributed by atoms with van der Waals surface area (Å²) in [5, 5.41) is 25.0. The van der Waals surface area contributed by atoms with Crippen LogP contribution in [0.5, 0.6) is 0 Å². The zero-order chi connectivity index (χ0) is 80.0. The van der Waals surface area contributed by atoms with Crippen LogP contribution in [0.25, 0.3) is 0 Å². The lowest BCUT2D eigenvalue weighted by molar-refractivity contribution is 0.442. The molecule has 0 fully saturated rings. The Morgan fingerprint density at radius 1 is 0.342 bits per heavy atom. The Labute approximate surface area is 652 Å². The second kappa shape index (κ2) is 45.8. The lowest BCUT2D eigenvalue weighted by Gasteiger charge is -2.24. The molecule has 0 aromatic carbocycles. The Balaban J connectivity index is 0.000000185. The number of nitrogens with zero attached hydrogens (tertiary/aromatic N) is 18. The smallest absolute Gasteiger partial charge is 0.200 e. The van der Waals surface area contributed by atoms with Crippen molar-refractivity contribution in [2.45, 2.75) is 129 Å². The predicted octanol–water partition coefficient (Wildman–Crippen LogP) is 3.41. The second-order valence-corrected chi connectivity index (χ2v) is 27.6. The van der Waals surface area contributed by atoms with Crippen molar-refractivity contribution in [2.24, 2.45) is 82.8 Å². The van der Waals surface area contributed by atoms with Gasteiger partial charge in [-0.05, 0) is 121 Å². The van der Waals surface area contributed by atoms with Gasteiger partial charge in [-0.15, -0.1) is 0 Å². The topological polar surface area (TPSA) is 447 Å². The quantitative estimate of drug-likeness (QED) is 0.0586. The molecule has 7 unspecified atom stereocenters. The van der Waals surface area contributed by atoms with E-state index in [4.69, 9.17) is 49.4 Å². The van der Waals surface area contributed by atoms with Gasteiger partial charge in [0.05, 0.1) is 101 Å². The van der Waals surface area contributed by atoms with Crippen LogP contribution in [0.1, 0.15) is 83.0 Å². The maximum absolute atomic E-state index is 5.74. The average Bonchev–Trinajstić information content (AvgIpc) is 1.58. The highest BCUT2D eigenvalue weighted by molar-refractivity contribution is 6.02. The molecular formula is C75H120N30O6. The molecule has 6 aliphatic rings. The summed E-state index contributed by atoms with van der Waals surface area (Å²) in [6.45, 7) is 22.1. The fourth-order valence-corrected chi connectivity index (χ4v) is 10.5. The molecule has 0 bridgehead atoms. The minimum absolute atomic E-state index is 0.121. The van der Waals surface area contributed by atoms with Gasteiger partial charge in [0.25, 0.3) is 0 Å². The van der Waals surface area contributed by atoms with Gasteiger partial charge >= 0.3 is 0 Å². The Hall–Kier alpha value is -11.9. The van der Waals surface area contributed by atoms with Crippen molar-refractivity contribution in [3.63, 3.8) is 0 Å². The molecule has 12 rings (SSSR count). The SMILES string of the molecule is CC1CN=C(N(C)C)NC(N(C)CCc2ccco2)=N1.CC1CN=C(N(C)C)NC(N(C)CCc2ccco2)=N1.CC1CN=C(N)NC(=NCCc2ccco2)N1.CC1CN=C(N)NC(N(C)CCc2ccco2)=N1.CC1CN=C(N)NC(N(C)CCc2ccco2)=N1.CC1N=C(N)NC(=NCCc2ccco2)NC1C. The third-order valence-corrected chi connectivity index (χ3v) is 17.0.